The molecular formula is C8H9ClO2. The van der Waals surface area contributed by atoms with E-state index in [1.807, 2.05) is 0 Å². The van der Waals surface area contributed by atoms with Crippen molar-refractivity contribution in [1.29, 1.82) is 0 Å². The number of hydrogen-bond acceptors (Lipinski definition) is 2. The van der Waals surface area contributed by atoms with Crippen molar-refractivity contribution in [3.05, 3.63) is 22.9 Å². The predicted molar refractivity (Wildman–Crippen MR) is 43.3 cm³/mol. The second kappa shape index (κ2) is 4.19. The highest BCUT2D eigenvalue weighted by Crippen LogP contribution is 2.20. The Morgan fingerprint density at radius 3 is 2.91 bits per heavy atom. The molecule has 0 aliphatic heterocycles. The Hall–Kier alpha value is -0.760. The number of aldehydes is 1. The normalized spacial score (nSPS) is 16.8. The van der Waals surface area contributed by atoms with E-state index in [1.165, 1.54) is 0 Å². The van der Waals surface area contributed by atoms with E-state index in [9.17, 15) is 4.79 Å². The lowest BCUT2D eigenvalue weighted by molar-refractivity contribution is -0.110. The Labute approximate surface area is 70.5 Å². The standard InChI is InChI=1S/C8H9ClO2/c9-7-1-3-8(4-2-7)11-6-5-10/h1,3,5H,2,4,6H2. The third kappa shape index (κ3) is 2.76. The quantitative estimate of drug-likeness (QED) is 0.609. The summed E-state index contributed by atoms with van der Waals surface area (Å²) in [7, 11) is 0. The summed E-state index contributed by atoms with van der Waals surface area (Å²) in [5, 5.41) is 0.837. The minimum atomic E-state index is 0.136. The van der Waals surface area contributed by atoms with Gasteiger partial charge in [0.05, 0.1) is 5.76 Å². The van der Waals surface area contributed by atoms with Crippen LogP contribution in [0.15, 0.2) is 22.9 Å². The van der Waals surface area contributed by atoms with Gasteiger partial charge in [0, 0.05) is 11.5 Å². The summed E-state index contributed by atoms with van der Waals surface area (Å²) in [6, 6.07) is 0. The van der Waals surface area contributed by atoms with Crippen molar-refractivity contribution >= 4 is 17.9 Å². The number of ether oxygens (including phenoxy) is 1. The first-order valence-electron chi connectivity index (χ1n) is 3.44. The van der Waals surface area contributed by atoms with Crippen molar-refractivity contribution in [2.45, 2.75) is 12.8 Å². The molecule has 1 rings (SSSR count). The number of hydrogen-bond donors (Lipinski definition) is 0. The van der Waals surface area contributed by atoms with Crippen LogP contribution in [-0.2, 0) is 9.53 Å². The van der Waals surface area contributed by atoms with E-state index < -0.39 is 0 Å². The van der Waals surface area contributed by atoms with Gasteiger partial charge in [0.15, 0.2) is 6.29 Å². The average molecular weight is 173 g/mol. The second-order valence-electron chi connectivity index (χ2n) is 2.22. The number of carbonyl (C=O) groups is 1. The Balaban J connectivity index is 2.41. The van der Waals surface area contributed by atoms with Gasteiger partial charge in [-0.25, -0.2) is 0 Å². The van der Waals surface area contributed by atoms with Gasteiger partial charge in [0.1, 0.15) is 6.61 Å². The van der Waals surface area contributed by atoms with E-state index in [0.29, 0.717) is 0 Å². The molecular weight excluding hydrogens is 164 g/mol. The average Bonchev–Trinajstić information content (AvgIpc) is 2.04. The van der Waals surface area contributed by atoms with Crippen molar-refractivity contribution in [2.24, 2.45) is 0 Å². The van der Waals surface area contributed by atoms with Gasteiger partial charge in [-0.05, 0) is 18.6 Å². The summed E-state index contributed by atoms with van der Waals surface area (Å²) in [4.78, 5) is 9.92. The van der Waals surface area contributed by atoms with Crippen molar-refractivity contribution in [1.82, 2.24) is 0 Å². The fourth-order valence-corrected chi connectivity index (χ4v) is 1.01. The highest BCUT2D eigenvalue weighted by Gasteiger charge is 2.04. The maximum atomic E-state index is 9.92. The molecule has 0 aromatic heterocycles. The minimum absolute atomic E-state index is 0.136. The van der Waals surface area contributed by atoms with Gasteiger partial charge >= 0.3 is 0 Å². The maximum Gasteiger partial charge on any atom is 0.157 e. The van der Waals surface area contributed by atoms with E-state index >= 15 is 0 Å². The third-order valence-electron chi connectivity index (χ3n) is 1.40. The first-order valence-corrected chi connectivity index (χ1v) is 3.82. The zero-order valence-electron chi connectivity index (χ0n) is 6.05. The molecule has 0 amide bonds. The summed E-state index contributed by atoms with van der Waals surface area (Å²) < 4.78 is 5.07. The molecule has 60 valence electrons. The molecule has 0 saturated heterocycles. The van der Waals surface area contributed by atoms with Crippen LogP contribution >= 0.6 is 11.6 Å². The Morgan fingerprint density at radius 1 is 1.55 bits per heavy atom. The zero-order chi connectivity index (χ0) is 8.10. The number of rotatable bonds is 3. The first kappa shape index (κ1) is 8.34. The topological polar surface area (TPSA) is 26.3 Å². The molecule has 0 unspecified atom stereocenters. The van der Waals surface area contributed by atoms with Crippen LogP contribution in [-0.4, -0.2) is 12.9 Å². The van der Waals surface area contributed by atoms with Gasteiger partial charge in [-0.3, -0.25) is 4.79 Å². The summed E-state index contributed by atoms with van der Waals surface area (Å²) in [5.74, 6) is 0.835. The van der Waals surface area contributed by atoms with Crippen molar-refractivity contribution in [3.8, 4) is 0 Å². The van der Waals surface area contributed by atoms with Crippen LogP contribution in [0.2, 0.25) is 0 Å². The smallest absolute Gasteiger partial charge is 0.157 e. The van der Waals surface area contributed by atoms with E-state index in [1.54, 1.807) is 12.2 Å². The lowest BCUT2D eigenvalue weighted by Crippen LogP contribution is -1.98. The molecule has 0 radical (unpaired) electrons. The van der Waals surface area contributed by atoms with Gasteiger partial charge in [0.2, 0.25) is 0 Å². The fourth-order valence-electron chi connectivity index (χ4n) is 0.854. The minimum Gasteiger partial charge on any atom is -0.490 e. The van der Waals surface area contributed by atoms with Gasteiger partial charge in [0.25, 0.3) is 0 Å². The molecule has 0 heterocycles. The summed E-state index contributed by atoms with van der Waals surface area (Å²) in [5.41, 5.74) is 0. The zero-order valence-corrected chi connectivity index (χ0v) is 6.80. The van der Waals surface area contributed by atoms with Gasteiger partial charge < -0.3 is 4.74 Å². The molecule has 1 aliphatic carbocycles. The molecule has 0 aromatic carbocycles. The molecule has 0 aromatic rings. The van der Waals surface area contributed by atoms with E-state index in [0.717, 1.165) is 29.9 Å². The summed E-state index contributed by atoms with van der Waals surface area (Å²) in [6.07, 6.45) is 5.94. The van der Waals surface area contributed by atoms with Gasteiger partial charge in [-0.15, -0.1) is 0 Å². The first-order chi connectivity index (χ1) is 5.33. The molecule has 1 aliphatic rings. The molecule has 2 nitrogen and oxygen atoms in total. The molecule has 11 heavy (non-hydrogen) atoms. The van der Waals surface area contributed by atoms with Crippen LogP contribution < -0.4 is 0 Å². The molecule has 0 spiro atoms. The summed E-state index contributed by atoms with van der Waals surface area (Å²) in [6.45, 7) is 0.136. The highest BCUT2D eigenvalue weighted by atomic mass is 35.5. The molecule has 0 atom stereocenters. The van der Waals surface area contributed by atoms with Crippen LogP contribution in [0.1, 0.15) is 12.8 Å². The molecule has 0 saturated carbocycles. The molecule has 3 heteroatoms. The SMILES string of the molecule is O=CCOC1=CC=C(Cl)CC1. The van der Waals surface area contributed by atoms with Crippen LogP contribution in [0.5, 0.6) is 0 Å². The molecule has 0 fully saturated rings. The van der Waals surface area contributed by atoms with Crippen LogP contribution in [0.4, 0.5) is 0 Å². The van der Waals surface area contributed by atoms with Crippen LogP contribution in [0.3, 0.4) is 0 Å². The van der Waals surface area contributed by atoms with Gasteiger partial charge in [-0.2, -0.15) is 0 Å². The van der Waals surface area contributed by atoms with E-state index in [2.05, 4.69) is 0 Å². The Kier molecular flexibility index (Phi) is 3.17. The van der Waals surface area contributed by atoms with E-state index in [4.69, 9.17) is 16.3 Å². The molecule has 0 N–H and O–H groups in total. The number of halogens is 1. The second-order valence-corrected chi connectivity index (χ2v) is 2.71. The fraction of sp³-hybridized carbons (Fsp3) is 0.375. The number of allylic oxidation sites excluding steroid dienone is 4. The summed E-state index contributed by atoms with van der Waals surface area (Å²) >= 11 is 5.71. The Morgan fingerprint density at radius 2 is 2.36 bits per heavy atom. The Bertz CT molecular complexity index is 206. The lowest BCUT2D eigenvalue weighted by Gasteiger charge is -2.10. The van der Waals surface area contributed by atoms with Crippen molar-refractivity contribution in [3.63, 3.8) is 0 Å². The van der Waals surface area contributed by atoms with Crippen LogP contribution in [0.25, 0.3) is 0 Å². The van der Waals surface area contributed by atoms with Gasteiger partial charge in [-0.1, -0.05) is 11.6 Å². The van der Waals surface area contributed by atoms with Crippen molar-refractivity contribution in [2.75, 3.05) is 6.61 Å². The highest BCUT2D eigenvalue weighted by molar-refractivity contribution is 6.29. The lowest BCUT2D eigenvalue weighted by atomic mass is 10.1. The molecule has 0 bridgehead atoms. The van der Waals surface area contributed by atoms with Crippen LogP contribution in [0, 0.1) is 0 Å². The third-order valence-corrected chi connectivity index (χ3v) is 1.71. The maximum absolute atomic E-state index is 9.92. The van der Waals surface area contributed by atoms with E-state index in [-0.39, 0.29) is 6.61 Å². The predicted octanol–water partition coefficient (Wildman–Crippen LogP) is 2.00. The van der Waals surface area contributed by atoms with Crippen molar-refractivity contribution < 1.29 is 9.53 Å². The number of carbonyl (C=O) groups excluding carboxylic acids is 1. The largest absolute Gasteiger partial charge is 0.490 e. The monoisotopic (exact) mass is 172 g/mol.